The van der Waals surface area contributed by atoms with Crippen molar-refractivity contribution in [2.75, 3.05) is 18.0 Å². The molecule has 98 valence electrons. The van der Waals surface area contributed by atoms with Gasteiger partial charge in [0.15, 0.2) is 5.82 Å². The van der Waals surface area contributed by atoms with Crippen LogP contribution in [-0.4, -0.2) is 28.1 Å². The second-order valence-electron chi connectivity index (χ2n) is 4.63. The minimum Gasteiger partial charge on any atom is -0.353 e. The van der Waals surface area contributed by atoms with Gasteiger partial charge in [0.1, 0.15) is 6.07 Å². The lowest BCUT2D eigenvalue weighted by atomic mass is 10.2. The van der Waals surface area contributed by atoms with Gasteiger partial charge in [-0.2, -0.15) is 10.5 Å². The Morgan fingerprint density at radius 3 is 2.25 bits per heavy atom. The molecule has 6 heteroatoms. The normalized spacial score (nSPS) is 14.0. The lowest BCUT2D eigenvalue weighted by Gasteiger charge is -2.12. The topological polar surface area (TPSA) is 81.5 Å². The van der Waals surface area contributed by atoms with E-state index in [1.807, 2.05) is 0 Å². The summed E-state index contributed by atoms with van der Waals surface area (Å²) in [5.41, 5.74) is 1.67. The number of benzene rings is 1. The van der Waals surface area contributed by atoms with Gasteiger partial charge in [0.05, 0.1) is 17.3 Å². The first kappa shape index (κ1) is 12.2. The van der Waals surface area contributed by atoms with E-state index in [9.17, 15) is 5.26 Å². The maximum atomic E-state index is 9.19. The molecule has 1 aliphatic rings. The van der Waals surface area contributed by atoms with Crippen molar-refractivity contribution < 1.29 is 0 Å². The summed E-state index contributed by atoms with van der Waals surface area (Å²) < 4.78 is 0. The molecule has 0 bridgehead atoms. The van der Waals surface area contributed by atoms with Crippen LogP contribution < -0.4 is 4.90 Å². The second-order valence-corrected chi connectivity index (χ2v) is 4.63. The quantitative estimate of drug-likeness (QED) is 0.823. The fourth-order valence-corrected chi connectivity index (χ4v) is 2.30. The molecule has 2 aromatic rings. The van der Waals surface area contributed by atoms with E-state index < -0.39 is 0 Å². The third-order valence-electron chi connectivity index (χ3n) is 3.33. The molecule has 6 nitrogen and oxygen atoms in total. The molecule has 0 radical (unpaired) electrons. The lowest BCUT2D eigenvalue weighted by molar-refractivity contribution is 0.743. The molecule has 1 saturated heterocycles. The number of anilines is 1. The van der Waals surface area contributed by atoms with Gasteiger partial charge in [0.2, 0.25) is 5.69 Å². The van der Waals surface area contributed by atoms with Crippen LogP contribution in [0.5, 0.6) is 0 Å². The molecule has 0 N–H and O–H groups in total. The van der Waals surface area contributed by atoms with Gasteiger partial charge in [-0.1, -0.05) is 0 Å². The van der Waals surface area contributed by atoms with Gasteiger partial charge in [-0.15, -0.1) is 15.0 Å². The molecule has 1 fully saturated rings. The van der Waals surface area contributed by atoms with Crippen molar-refractivity contribution in [3.05, 3.63) is 35.5 Å². The standard InChI is InChI=1S/C14H12N6/c15-9-11-3-5-12(6-4-11)20-17-13(10-16)14(18-20)19-7-1-2-8-19/h3-6H,1-2,7-8H2. The van der Waals surface area contributed by atoms with Gasteiger partial charge in [0, 0.05) is 13.1 Å². The molecule has 0 amide bonds. The van der Waals surface area contributed by atoms with E-state index in [1.165, 1.54) is 4.80 Å². The van der Waals surface area contributed by atoms with Crippen LogP contribution >= 0.6 is 0 Å². The Bertz CT molecular complexity index is 695. The van der Waals surface area contributed by atoms with Crippen molar-refractivity contribution in [2.24, 2.45) is 0 Å². The Hall–Kier alpha value is -2.86. The molecule has 0 spiro atoms. The summed E-state index contributed by atoms with van der Waals surface area (Å²) in [6.45, 7) is 1.83. The Morgan fingerprint density at radius 2 is 1.65 bits per heavy atom. The maximum Gasteiger partial charge on any atom is 0.207 e. The van der Waals surface area contributed by atoms with Crippen molar-refractivity contribution in [3.8, 4) is 17.8 Å². The van der Waals surface area contributed by atoms with Gasteiger partial charge < -0.3 is 4.90 Å². The molecule has 0 atom stereocenters. The lowest BCUT2D eigenvalue weighted by Crippen LogP contribution is -2.19. The highest BCUT2D eigenvalue weighted by Crippen LogP contribution is 2.21. The Kier molecular flexibility index (Phi) is 3.06. The summed E-state index contributed by atoms with van der Waals surface area (Å²) in [5, 5.41) is 26.6. The van der Waals surface area contributed by atoms with Crippen molar-refractivity contribution in [1.29, 1.82) is 10.5 Å². The summed E-state index contributed by atoms with van der Waals surface area (Å²) in [6, 6.07) is 11.1. The van der Waals surface area contributed by atoms with Gasteiger partial charge in [0.25, 0.3) is 0 Å². The molecule has 2 heterocycles. The smallest absolute Gasteiger partial charge is 0.207 e. The minimum absolute atomic E-state index is 0.344. The average Bonchev–Trinajstić information content (AvgIpc) is 3.16. The van der Waals surface area contributed by atoms with Gasteiger partial charge >= 0.3 is 0 Å². The van der Waals surface area contributed by atoms with Crippen molar-refractivity contribution in [3.63, 3.8) is 0 Å². The van der Waals surface area contributed by atoms with Gasteiger partial charge in [-0.05, 0) is 37.1 Å². The summed E-state index contributed by atoms with van der Waals surface area (Å²) >= 11 is 0. The number of rotatable bonds is 2. The van der Waals surface area contributed by atoms with Gasteiger partial charge in [-0.3, -0.25) is 0 Å². The third kappa shape index (κ3) is 2.08. The Labute approximate surface area is 116 Å². The first-order valence-corrected chi connectivity index (χ1v) is 6.45. The summed E-state index contributed by atoms with van der Waals surface area (Å²) in [4.78, 5) is 3.54. The first-order valence-electron chi connectivity index (χ1n) is 6.45. The van der Waals surface area contributed by atoms with Crippen LogP contribution in [0, 0.1) is 22.7 Å². The third-order valence-corrected chi connectivity index (χ3v) is 3.33. The fraction of sp³-hybridized carbons (Fsp3) is 0.286. The highest BCUT2D eigenvalue weighted by Gasteiger charge is 2.21. The minimum atomic E-state index is 0.344. The Morgan fingerprint density at radius 1 is 0.950 bits per heavy atom. The molecule has 0 unspecified atom stereocenters. The largest absolute Gasteiger partial charge is 0.353 e. The number of hydrogen-bond donors (Lipinski definition) is 0. The van der Waals surface area contributed by atoms with Gasteiger partial charge in [-0.25, -0.2) is 0 Å². The molecule has 0 saturated carbocycles. The van der Waals surface area contributed by atoms with Crippen LogP contribution in [0.2, 0.25) is 0 Å². The molecule has 1 aromatic carbocycles. The van der Waals surface area contributed by atoms with Crippen LogP contribution in [0.25, 0.3) is 5.69 Å². The van der Waals surface area contributed by atoms with Crippen LogP contribution in [0.1, 0.15) is 24.1 Å². The predicted molar refractivity (Wildman–Crippen MR) is 72.2 cm³/mol. The van der Waals surface area contributed by atoms with E-state index in [-0.39, 0.29) is 0 Å². The van der Waals surface area contributed by atoms with Crippen LogP contribution in [0.4, 0.5) is 5.82 Å². The monoisotopic (exact) mass is 264 g/mol. The van der Waals surface area contributed by atoms with E-state index in [0.717, 1.165) is 31.6 Å². The average molecular weight is 264 g/mol. The zero-order valence-electron chi connectivity index (χ0n) is 10.8. The van der Waals surface area contributed by atoms with E-state index in [0.29, 0.717) is 17.1 Å². The highest BCUT2D eigenvalue weighted by molar-refractivity contribution is 5.51. The molecular formula is C14H12N6. The summed E-state index contributed by atoms with van der Waals surface area (Å²) in [7, 11) is 0. The molecule has 20 heavy (non-hydrogen) atoms. The van der Waals surface area contributed by atoms with E-state index in [4.69, 9.17) is 5.26 Å². The van der Waals surface area contributed by atoms with Crippen LogP contribution in [0.15, 0.2) is 24.3 Å². The first-order chi connectivity index (χ1) is 9.81. The van der Waals surface area contributed by atoms with Crippen molar-refractivity contribution in [2.45, 2.75) is 12.8 Å². The van der Waals surface area contributed by atoms with E-state index in [1.54, 1.807) is 24.3 Å². The predicted octanol–water partition coefficient (Wildman–Crippen LogP) is 1.61. The van der Waals surface area contributed by atoms with E-state index >= 15 is 0 Å². The van der Waals surface area contributed by atoms with Crippen LogP contribution in [0.3, 0.4) is 0 Å². The highest BCUT2D eigenvalue weighted by atomic mass is 15.5. The summed E-state index contributed by atoms with van der Waals surface area (Å²) in [5.74, 6) is 0.648. The van der Waals surface area contributed by atoms with Crippen LogP contribution in [-0.2, 0) is 0 Å². The SMILES string of the molecule is N#Cc1ccc(-n2nc(C#N)c(N3CCCC3)n2)cc1. The van der Waals surface area contributed by atoms with Crippen molar-refractivity contribution in [1.82, 2.24) is 15.0 Å². The molecule has 3 rings (SSSR count). The number of nitriles is 2. The summed E-state index contributed by atoms with van der Waals surface area (Å²) in [6.07, 6.45) is 2.24. The van der Waals surface area contributed by atoms with E-state index in [2.05, 4.69) is 27.2 Å². The molecule has 1 aliphatic heterocycles. The molecule has 0 aliphatic carbocycles. The number of aromatic nitrogens is 3. The maximum absolute atomic E-state index is 9.19. The molecule has 1 aromatic heterocycles. The second kappa shape index (κ2) is 5.02. The zero-order chi connectivity index (χ0) is 13.9. The number of hydrogen-bond acceptors (Lipinski definition) is 5. The zero-order valence-corrected chi connectivity index (χ0v) is 10.8. The Balaban J connectivity index is 1.98. The van der Waals surface area contributed by atoms with Crippen molar-refractivity contribution >= 4 is 5.82 Å². The molecular weight excluding hydrogens is 252 g/mol. The number of nitrogens with zero attached hydrogens (tertiary/aromatic N) is 6. The fourth-order valence-electron chi connectivity index (χ4n) is 2.30.